The molecule has 0 saturated heterocycles. The molecular formula is C23H22N4O2S. The molecule has 0 aliphatic rings. The van der Waals surface area contributed by atoms with Gasteiger partial charge >= 0.3 is 0 Å². The third kappa shape index (κ3) is 4.31. The van der Waals surface area contributed by atoms with Gasteiger partial charge in [-0.05, 0) is 23.3 Å². The molecule has 1 amide bonds. The lowest BCUT2D eigenvalue weighted by Crippen LogP contribution is -2.27. The lowest BCUT2D eigenvalue weighted by Gasteiger charge is -2.20. The fourth-order valence-corrected chi connectivity index (χ4v) is 4.28. The van der Waals surface area contributed by atoms with Crippen LogP contribution in [0.3, 0.4) is 0 Å². The third-order valence-corrected chi connectivity index (χ3v) is 5.85. The van der Waals surface area contributed by atoms with Crippen LogP contribution in [-0.4, -0.2) is 39.7 Å². The summed E-state index contributed by atoms with van der Waals surface area (Å²) in [6.07, 6.45) is 1.62. The van der Waals surface area contributed by atoms with Gasteiger partial charge in [0.05, 0.1) is 12.8 Å². The molecule has 1 atom stereocenters. The number of hydrogen-bond acceptors (Lipinski definition) is 5. The molecule has 4 aromatic rings. The van der Waals surface area contributed by atoms with E-state index in [1.165, 1.54) is 11.8 Å². The van der Waals surface area contributed by atoms with Gasteiger partial charge in [0.25, 0.3) is 0 Å². The average molecular weight is 419 g/mol. The maximum Gasteiger partial charge on any atom is 0.240 e. The van der Waals surface area contributed by atoms with Crippen molar-refractivity contribution in [3.8, 4) is 11.6 Å². The Morgan fingerprint density at radius 1 is 1.00 bits per heavy atom. The van der Waals surface area contributed by atoms with Crippen molar-refractivity contribution in [2.45, 2.75) is 17.0 Å². The summed E-state index contributed by atoms with van der Waals surface area (Å²) >= 11 is 1.40. The number of thioether (sulfide) groups is 1. The molecule has 0 bridgehead atoms. The van der Waals surface area contributed by atoms with Crippen molar-refractivity contribution in [3.05, 3.63) is 90.2 Å². The molecule has 0 fully saturated rings. The first-order valence-corrected chi connectivity index (χ1v) is 10.4. The monoisotopic (exact) mass is 418 g/mol. The van der Waals surface area contributed by atoms with E-state index >= 15 is 0 Å². The van der Waals surface area contributed by atoms with Crippen molar-refractivity contribution in [1.29, 1.82) is 0 Å². The topological polar surface area (TPSA) is 64.2 Å². The Bertz CT molecular complexity index is 1090. The minimum Gasteiger partial charge on any atom is -0.461 e. The van der Waals surface area contributed by atoms with Crippen LogP contribution in [0.4, 0.5) is 0 Å². The molecule has 4 rings (SSSR count). The molecule has 2 aromatic heterocycles. The summed E-state index contributed by atoms with van der Waals surface area (Å²) in [6.45, 7) is 0.573. The zero-order valence-corrected chi connectivity index (χ0v) is 17.6. The highest BCUT2D eigenvalue weighted by Gasteiger charge is 2.27. The molecule has 7 heteroatoms. The van der Waals surface area contributed by atoms with Crippen LogP contribution in [0.25, 0.3) is 11.6 Å². The van der Waals surface area contributed by atoms with Gasteiger partial charge in [-0.15, -0.1) is 10.2 Å². The molecule has 30 heavy (non-hydrogen) atoms. The summed E-state index contributed by atoms with van der Waals surface area (Å²) in [5, 5.41) is 9.03. The van der Waals surface area contributed by atoms with Crippen LogP contribution in [0.15, 0.2) is 88.6 Å². The minimum absolute atomic E-state index is 0.00000900. The molecule has 0 radical (unpaired) electrons. The van der Waals surface area contributed by atoms with E-state index in [-0.39, 0.29) is 5.91 Å². The van der Waals surface area contributed by atoms with E-state index in [9.17, 15) is 4.79 Å². The Morgan fingerprint density at radius 3 is 2.33 bits per heavy atom. The third-order valence-electron chi connectivity index (χ3n) is 4.63. The minimum atomic E-state index is -0.427. The maximum absolute atomic E-state index is 13.0. The zero-order valence-electron chi connectivity index (χ0n) is 16.8. The predicted octanol–water partition coefficient (Wildman–Crippen LogP) is 4.51. The molecule has 0 saturated carbocycles. The highest BCUT2D eigenvalue weighted by atomic mass is 32.2. The Balaban J connectivity index is 1.74. The number of rotatable bonds is 7. The molecule has 2 aromatic carbocycles. The highest BCUT2D eigenvalue weighted by Crippen LogP contribution is 2.37. The fourth-order valence-electron chi connectivity index (χ4n) is 3.10. The molecule has 0 aliphatic heterocycles. The lowest BCUT2D eigenvalue weighted by atomic mass is 10.1. The standard InChI is InChI=1S/C23H22N4O2S/c1-26(2)22(28)20(18-12-7-4-8-13-18)30-23-25-24-21(19-14-9-15-29-19)27(23)16-17-10-5-3-6-11-17/h3-15,20H,16H2,1-2H3/t20-/m0/s1. The average Bonchev–Trinajstić information content (AvgIpc) is 3.43. The van der Waals surface area contributed by atoms with Gasteiger partial charge in [0.2, 0.25) is 11.7 Å². The van der Waals surface area contributed by atoms with Gasteiger partial charge in [-0.1, -0.05) is 72.4 Å². The van der Waals surface area contributed by atoms with E-state index < -0.39 is 5.25 Å². The summed E-state index contributed by atoms with van der Waals surface area (Å²) in [4.78, 5) is 14.6. The van der Waals surface area contributed by atoms with Gasteiger partial charge in [-0.3, -0.25) is 9.36 Å². The first kappa shape index (κ1) is 20.0. The highest BCUT2D eigenvalue weighted by molar-refractivity contribution is 8.00. The lowest BCUT2D eigenvalue weighted by molar-refractivity contribution is -0.128. The van der Waals surface area contributed by atoms with Gasteiger partial charge in [-0.25, -0.2) is 0 Å². The van der Waals surface area contributed by atoms with Crippen LogP contribution in [0, 0.1) is 0 Å². The second kappa shape index (κ2) is 9.00. The number of carbonyl (C=O) groups is 1. The molecule has 0 spiro atoms. The molecule has 152 valence electrons. The number of furan rings is 1. The Labute approximate surface area is 179 Å². The SMILES string of the molecule is CN(C)C(=O)[C@@H](Sc1nnc(-c2ccco2)n1Cc1ccccc1)c1ccccc1. The van der Waals surface area contributed by atoms with Crippen LogP contribution >= 0.6 is 11.8 Å². The number of hydrogen-bond donors (Lipinski definition) is 0. The van der Waals surface area contributed by atoms with Gasteiger partial charge in [-0.2, -0.15) is 0 Å². The summed E-state index contributed by atoms with van der Waals surface area (Å²) in [5.74, 6) is 1.27. The largest absolute Gasteiger partial charge is 0.461 e. The molecule has 0 aliphatic carbocycles. The summed E-state index contributed by atoms with van der Waals surface area (Å²) in [7, 11) is 3.53. The molecule has 6 nitrogen and oxygen atoms in total. The van der Waals surface area contributed by atoms with Gasteiger partial charge < -0.3 is 9.32 Å². The van der Waals surface area contributed by atoms with E-state index in [2.05, 4.69) is 22.3 Å². The second-order valence-electron chi connectivity index (χ2n) is 7.00. The number of likely N-dealkylation sites (N-methyl/N-ethyl adjacent to an activating group) is 1. The summed E-state index contributed by atoms with van der Waals surface area (Å²) in [6, 6.07) is 23.5. The maximum atomic E-state index is 13.0. The number of aromatic nitrogens is 3. The van der Waals surface area contributed by atoms with Crippen LogP contribution in [-0.2, 0) is 11.3 Å². The number of amides is 1. The van der Waals surface area contributed by atoms with Crippen molar-refractivity contribution in [2.24, 2.45) is 0 Å². The first-order chi connectivity index (χ1) is 14.6. The van der Waals surface area contributed by atoms with Crippen molar-refractivity contribution in [1.82, 2.24) is 19.7 Å². The fraction of sp³-hybridized carbons (Fsp3) is 0.174. The molecule has 0 unspecified atom stereocenters. The van der Waals surface area contributed by atoms with E-state index in [1.54, 1.807) is 25.3 Å². The number of carbonyl (C=O) groups excluding carboxylic acids is 1. The molecular weight excluding hydrogens is 396 g/mol. The first-order valence-electron chi connectivity index (χ1n) is 9.57. The van der Waals surface area contributed by atoms with Crippen molar-refractivity contribution >= 4 is 17.7 Å². The number of nitrogens with zero attached hydrogens (tertiary/aromatic N) is 4. The van der Waals surface area contributed by atoms with Gasteiger partial charge in [0.1, 0.15) is 5.25 Å². The Hall–Kier alpha value is -3.32. The molecule has 2 heterocycles. The van der Waals surface area contributed by atoms with E-state index in [1.807, 2.05) is 65.2 Å². The van der Waals surface area contributed by atoms with Crippen molar-refractivity contribution in [2.75, 3.05) is 14.1 Å². The normalized spacial score (nSPS) is 11.9. The predicted molar refractivity (Wildman–Crippen MR) is 117 cm³/mol. The second-order valence-corrected chi connectivity index (χ2v) is 8.07. The van der Waals surface area contributed by atoms with Crippen LogP contribution < -0.4 is 0 Å². The zero-order chi connectivity index (χ0) is 20.9. The summed E-state index contributed by atoms with van der Waals surface area (Å²) < 4.78 is 7.58. The van der Waals surface area contributed by atoms with E-state index in [4.69, 9.17) is 4.42 Å². The summed E-state index contributed by atoms with van der Waals surface area (Å²) in [5.41, 5.74) is 2.04. The number of benzene rings is 2. The van der Waals surface area contributed by atoms with Gasteiger partial charge in [0.15, 0.2) is 10.9 Å². The van der Waals surface area contributed by atoms with Crippen LogP contribution in [0.5, 0.6) is 0 Å². The van der Waals surface area contributed by atoms with E-state index in [0.29, 0.717) is 23.3 Å². The van der Waals surface area contributed by atoms with Crippen LogP contribution in [0.1, 0.15) is 16.4 Å². The van der Waals surface area contributed by atoms with Crippen LogP contribution in [0.2, 0.25) is 0 Å². The Kier molecular flexibility index (Phi) is 5.99. The van der Waals surface area contributed by atoms with E-state index in [0.717, 1.165) is 11.1 Å². The quantitative estimate of drug-likeness (QED) is 0.413. The van der Waals surface area contributed by atoms with Gasteiger partial charge in [0, 0.05) is 14.1 Å². The smallest absolute Gasteiger partial charge is 0.240 e. The molecule has 0 N–H and O–H groups in total. The Morgan fingerprint density at radius 2 is 1.70 bits per heavy atom. The van der Waals surface area contributed by atoms with Crippen molar-refractivity contribution < 1.29 is 9.21 Å². The van der Waals surface area contributed by atoms with Crippen molar-refractivity contribution in [3.63, 3.8) is 0 Å².